The van der Waals surface area contributed by atoms with Crippen molar-refractivity contribution in [1.29, 1.82) is 0 Å². The molecule has 1 atom stereocenters. The van der Waals surface area contributed by atoms with Crippen LogP contribution in [-0.4, -0.2) is 11.1 Å². The summed E-state index contributed by atoms with van der Waals surface area (Å²) >= 11 is 3.43. The number of alkyl halides is 1. The zero-order chi connectivity index (χ0) is 10.6. The summed E-state index contributed by atoms with van der Waals surface area (Å²) in [4.78, 5) is 11.0. The number of ketones is 1. The first-order valence-electron chi connectivity index (χ1n) is 4.82. The average molecular weight is 255 g/mol. The summed E-state index contributed by atoms with van der Waals surface area (Å²) < 4.78 is 0. The molecule has 1 rings (SSSR count). The Bertz CT molecular complexity index is 303. The molecule has 1 aromatic rings. The van der Waals surface area contributed by atoms with Crippen LogP contribution in [-0.2, 0) is 0 Å². The maximum Gasteiger partial charge on any atom is 0.159 e. The van der Waals surface area contributed by atoms with Crippen LogP contribution in [0.1, 0.15) is 42.1 Å². The third kappa shape index (κ3) is 2.95. The van der Waals surface area contributed by atoms with Crippen LogP contribution in [0.4, 0.5) is 0 Å². The van der Waals surface area contributed by atoms with Gasteiger partial charge >= 0.3 is 0 Å². The molecule has 1 nitrogen and oxygen atoms in total. The van der Waals surface area contributed by atoms with Crippen LogP contribution in [0.15, 0.2) is 24.3 Å². The van der Waals surface area contributed by atoms with E-state index in [9.17, 15) is 4.79 Å². The van der Waals surface area contributed by atoms with Gasteiger partial charge in [-0.15, -0.1) is 0 Å². The van der Waals surface area contributed by atoms with Gasteiger partial charge in [0.05, 0.1) is 0 Å². The van der Waals surface area contributed by atoms with Crippen LogP contribution >= 0.6 is 15.9 Å². The Labute approximate surface area is 93.7 Å². The summed E-state index contributed by atoms with van der Waals surface area (Å²) in [5.41, 5.74) is 2.09. The number of Topliss-reactive ketones (excluding diaryl/α,β-unsaturated/α-hetero) is 1. The Hall–Kier alpha value is -0.630. The summed E-state index contributed by atoms with van der Waals surface area (Å²) in [7, 11) is 0. The Morgan fingerprint density at radius 3 is 2.36 bits per heavy atom. The fourth-order valence-electron chi connectivity index (χ4n) is 1.38. The van der Waals surface area contributed by atoms with Crippen LogP contribution in [0.5, 0.6) is 0 Å². The second-order valence-electron chi connectivity index (χ2n) is 3.56. The van der Waals surface area contributed by atoms with Crippen molar-refractivity contribution in [2.24, 2.45) is 0 Å². The fraction of sp³-hybridized carbons (Fsp3) is 0.417. The first-order valence-corrected chi connectivity index (χ1v) is 5.94. The zero-order valence-corrected chi connectivity index (χ0v) is 10.2. The molecule has 0 N–H and O–H groups in total. The highest BCUT2D eigenvalue weighted by atomic mass is 79.9. The van der Waals surface area contributed by atoms with Gasteiger partial charge in [0.25, 0.3) is 0 Å². The highest BCUT2D eigenvalue weighted by Crippen LogP contribution is 2.20. The molecule has 1 aromatic carbocycles. The molecule has 0 heterocycles. The molecule has 1 unspecified atom stereocenters. The maximum absolute atomic E-state index is 11.0. The van der Waals surface area contributed by atoms with Crippen molar-refractivity contribution in [3.63, 3.8) is 0 Å². The maximum atomic E-state index is 11.0. The van der Waals surface area contributed by atoms with Crippen LogP contribution in [0, 0.1) is 0 Å². The molecule has 0 bridgehead atoms. The number of carbonyl (C=O) groups is 1. The van der Waals surface area contributed by atoms with Crippen LogP contribution in [0.2, 0.25) is 0 Å². The minimum Gasteiger partial charge on any atom is -0.295 e. The van der Waals surface area contributed by atoms with Gasteiger partial charge in [-0.3, -0.25) is 4.79 Å². The Morgan fingerprint density at radius 2 is 1.93 bits per heavy atom. The highest BCUT2D eigenvalue weighted by Gasteiger charge is 2.05. The first kappa shape index (κ1) is 11.4. The molecule has 0 saturated heterocycles. The predicted molar refractivity (Wildman–Crippen MR) is 63.3 cm³/mol. The highest BCUT2D eigenvalue weighted by molar-refractivity contribution is 9.09. The van der Waals surface area contributed by atoms with Gasteiger partial charge in [0.2, 0.25) is 0 Å². The Kier molecular flexibility index (Phi) is 4.33. The van der Waals surface area contributed by atoms with E-state index in [1.807, 2.05) is 24.3 Å². The molecule has 76 valence electrons. The standard InChI is InChI=1S/C12H15BrO/c1-9(7-8-13)11-3-5-12(6-4-11)10(2)14/h3-6,9H,7-8H2,1-2H3. The van der Waals surface area contributed by atoms with E-state index in [2.05, 4.69) is 22.9 Å². The number of rotatable bonds is 4. The van der Waals surface area contributed by atoms with Crippen LogP contribution < -0.4 is 0 Å². The van der Waals surface area contributed by atoms with Crippen LogP contribution in [0.25, 0.3) is 0 Å². The molecule has 14 heavy (non-hydrogen) atoms. The van der Waals surface area contributed by atoms with Crippen molar-refractivity contribution in [3.05, 3.63) is 35.4 Å². The van der Waals surface area contributed by atoms with E-state index < -0.39 is 0 Å². The zero-order valence-electron chi connectivity index (χ0n) is 8.59. The quantitative estimate of drug-likeness (QED) is 0.591. The largest absolute Gasteiger partial charge is 0.295 e. The Balaban J connectivity index is 2.77. The molecular weight excluding hydrogens is 240 g/mol. The topological polar surface area (TPSA) is 17.1 Å². The number of carbonyl (C=O) groups excluding carboxylic acids is 1. The van der Waals surface area contributed by atoms with Gasteiger partial charge in [0.1, 0.15) is 0 Å². The first-order chi connectivity index (χ1) is 6.65. The molecule has 0 aromatic heterocycles. The number of hydrogen-bond acceptors (Lipinski definition) is 1. The van der Waals surface area contributed by atoms with Crippen molar-refractivity contribution in [1.82, 2.24) is 0 Å². The summed E-state index contributed by atoms with van der Waals surface area (Å²) in [5.74, 6) is 0.681. The monoisotopic (exact) mass is 254 g/mol. The summed E-state index contributed by atoms with van der Waals surface area (Å²) in [5, 5.41) is 1.02. The fourth-order valence-corrected chi connectivity index (χ4v) is 2.06. The normalized spacial score (nSPS) is 12.5. The lowest BCUT2D eigenvalue weighted by molar-refractivity contribution is 0.101. The van der Waals surface area contributed by atoms with Gasteiger partial charge in [0.15, 0.2) is 5.78 Å². The molecule has 0 amide bonds. The van der Waals surface area contributed by atoms with Gasteiger partial charge < -0.3 is 0 Å². The number of benzene rings is 1. The number of halogens is 1. The lowest BCUT2D eigenvalue weighted by atomic mass is 9.97. The second-order valence-corrected chi connectivity index (χ2v) is 4.35. The second kappa shape index (κ2) is 5.30. The van der Waals surface area contributed by atoms with Crippen molar-refractivity contribution >= 4 is 21.7 Å². The molecule has 0 fully saturated rings. The van der Waals surface area contributed by atoms with E-state index in [4.69, 9.17) is 0 Å². The third-order valence-electron chi connectivity index (χ3n) is 2.43. The average Bonchev–Trinajstić information content (AvgIpc) is 2.18. The predicted octanol–water partition coefficient (Wildman–Crippen LogP) is 3.78. The van der Waals surface area contributed by atoms with E-state index in [1.54, 1.807) is 6.92 Å². The number of hydrogen-bond donors (Lipinski definition) is 0. The molecular formula is C12H15BrO. The Morgan fingerprint density at radius 1 is 1.36 bits per heavy atom. The lowest BCUT2D eigenvalue weighted by Gasteiger charge is -2.09. The van der Waals surface area contributed by atoms with Gasteiger partial charge in [-0.05, 0) is 24.8 Å². The van der Waals surface area contributed by atoms with E-state index in [0.717, 1.165) is 17.3 Å². The summed E-state index contributed by atoms with van der Waals surface area (Å²) in [6.45, 7) is 3.79. The van der Waals surface area contributed by atoms with E-state index in [0.29, 0.717) is 5.92 Å². The molecule has 0 spiro atoms. The van der Waals surface area contributed by atoms with Crippen molar-refractivity contribution in [2.45, 2.75) is 26.2 Å². The summed E-state index contributed by atoms with van der Waals surface area (Å²) in [6.07, 6.45) is 1.12. The van der Waals surface area contributed by atoms with Crippen molar-refractivity contribution in [2.75, 3.05) is 5.33 Å². The molecule has 0 aliphatic carbocycles. The molecule has 0 radical (unpaired) electrons. The SMILES string of the molecule is CC(=O)c1ccc(C(C)CCBr)cc1. The van der Waals surface area contributed by atoms with E-state index in [1.165, 1.54) is 5.56 Å². The molecule has 0 aliphatic rings. The van der Waals surface area contributed by atoms with Gasteiger partial charge in [-0.25, -0.2) is 0 Å². The van der Waals surface area contributed by atoms with Gasteiger partial charge in [-0.2, -0.15) is 0 Å². The summed E-state index contributed by atoms with van der Waals surface area (Å²) in [6, 6.07) is 7.90. The third-order valence-corrected chi connectivity index (χ3v) is 2.89. The molecule has 0 aliphatic heterocycles. The van der Waals surface area contributed by atoms with E-state index >= 15 is 0 Å². The van der Waals surface area contributed by atoms with Gasteiger partial charge in [0, 0.05) is 10.9 Å². The minimum absolute atomic E-state index is 0.129. The smallest absolute Gasteiger partial charge is 0.159 e. The van der Waals surface area contributed by atoms with Crippen molar-refractivity contribution in [3.8, 4) is 0 Å². The molecule has 2 heteroatoms. The minimum atomic E-state index is 0.129. The van der Waals surface area contributed by atoms with Gasteiger partial charge in [-0.1, -0.05) is 47.1 Å². The molecule has 0 saturated carbocycles. The lowest BCUT2D eigenvalue weighted by Crippen LogP contribution is -1.96. The van der Waals surface area contributed by atoms with E-state index in [-0.39, 0.29) is 5.78 Å². The van der Waals surface area contributed by atoms with Crippen LogP contribution in [0.3, 0.4) is 0 Å². The van der Waals surface area contributed by atoms with Crippen molar-refractivity contribution < 1.29 is 4.79 Å².